The van der Waals surface area contributed by atoms with Gasteiger partial charge in [0, 0.05) is 0 Å². The standard InChI is InChI=1S/2C5H2F6O2.Ni/c2*6-4(7,8)2(12)1-3(13)5(9,10)11;/h2*1,12H;/q;;+2/p-2/b2*2-1-;. The minimum Gasteiger partial charge on any atom is -0.869 e. The smallest absolute Gasteiger partial charge is 0.869 e. The number of allylic oxidation sites excluding steroid dienone is 4. The van der Waals surface area contributed by atoms with E-state index in [0.29, 0.717) is 0 Å². The van der Waals surface area contributed by atoms with E-state index < -0.39 is 59.9 Å². The van der Waals surface area contributed by atoms with Crippen molar-refractivity contribution in [1.82, 2.24) is 0 Å². The van der Waals surface area contributed by atoms with E-state index in [2.05, 4.69) is 0 Å². The van der Waals surface area contributed by atoms with Crippen molar-refractivity contribution in [2.75, 3.05) is 0 Å². The summed E-state index contributed by atoms with van der Waals surface area (Å²) < 4.78 is 136. The van der Waals surface area contributed by atoms with Crippen LogP contribution in [0.3, 0.4) is 0 Å². The van der Waals surface area contributed by atoms with Crippen molar-refractivity contribution in [2.45, 2.75) is 24.7 Å². The van der Waals surface area contributed by atoms with Gasteiger partial charge in [0.05, 0.1) is 0 Å². The second-order valence-electron chi connectivity index (χ2n) is 3.74. The van der Waals surface area contributed by atoms with Crippen LogP contribution in [-0.2, 0) is 26.1 Å². The van der Waals surface area contributed by atoms with E-state index in [4.69, 9.17) is 0 Å². The molecule has 0 atom stereocenters. The van der Waals surface area contributed by atoms with E-state index >= 15 is 0 Å². The second-order valence-corrected chi connectivity index (χ2v) is 3.74. The summed E-state index contributed by atoms with van der Waals surface area (Å²) in [6, 6.07) is 0. The SMILES string of the molecule is O=C(/C=C(\[O-])C(F)(F)F)C(F)(F)F.O=C(/C=C(\[O-])C(F)(F)F)C(F)(F)F.[Ni+2]. The first-order valence-electron chi connectivity index (χ1n) is 5.24. The molecule has 27 heavy (non-hydrogen) atoms. The average Bonchev–Trinajstić information content (AvgIpc) is 2.34. The fraction of sp³-hybridized carbons (Fsp3) is 0.400. The van der Waals surface area contributed by atoms with Gasteiger partial charge in [-0.2, -0.15) is 52.7 Å². The van der Waals surface area contributed by atoms with Crippen LogP contribution >= 0.6 is 0 Å². The Kier molecular flexibility index (Phi) is 10.9. The number of ketones is 2. The van der Waals surface area contributed by atoms with Crippen molar-refractivity contribution in [3.63, 3.8) is 0 Å². The number of alkyl halides is 12. The Morgan fingerprint density at radius 2 is 0.704 bits per heavy atom. The maximum Gasteiger partial charge on any atom is 2.00 e. The van der Waals surface area contributed by atoms with Crippen molar-refractivity contribution in [2.24, 2.45) is 0 Å². The van der Waals surface area contributed by atoms with Crippen LogP contribution in [0.15, 0.2) is 23.7 Å². The molecule has 0 aliphatic heterocycles. The first kappa shape index (κ1) is 29.8. The molecule has 4 nitrogen and oxygen atoms in total. The third-order valence-corrected chi connectivity index (χ3v) is 1.64. The Labute approximate surface area is 150 Å². The van der Waals surface area contributed by atoms with Gasteiger partial charge in [-0.05, 0) is 23.7 Å². The largest absolute Gasteiger partial charge is 2.00 e. The van der Waals surface area contributed by atoms with Crippen LogP contribution in [-0.4, -0.2) is 36.3 Å². The third kappa shape index (κ3) is 13.0. The molecule has 17 heteroatoms. The van der Waals surface area contributed by atoms with E-state index in [9.17, 15) is 72.5 Å². The fourth-order valence-corrected chi connectivity index (χ4v) is 0.565. The van der Waals surface area contributed by atoms with Crippen molar-refractivity contribution in [3.8, 4) is 0 Å². The summed E-state index contributed by atoms with van der Waals surface area (Å²) in [4.78, 5) is 19.6. The Bertz CT molecular complexity index is 527. The zero-order valence-electron chi connectivity index (χ0n) is 11.6. The van der Waals surface area contributed by atoms with Gasteiger partial charge in [0.15, 0.2) is 0 Å². The molecular formula is C10H2F12NiO4. The van der Waals surface area contributed by atoms with Gasteiger partial charge in [0.1, 0.15) is 0 Å². The maximum atomic E-state index is 11.3. The molecule has 0 N–H and O–H groups in total. The van der Waals surface area contributed by atoms with Gasteiger partial charge in [-0.3, -0.25) is 9.59 Å². The minimum atomic E-state index is -5.46. The van der Waals surface area contributed by atoms with E-state index in [1.165, 1.54) is 0 Å². The fourth-order valence-electron chi connectivity index (χ4n) is 0.565. The van der Waals surface area contributed by atoms with E-state index in [0.717, 1.165) is 0 Å². The quantitative estimate of drug-likeness (QED) is 0.266. The number of rotatable bonds is 2. The van der Waals surface area contributed by atoms with Crippen LogP contribution in [0.5, 0.6) is 0 Å². The molecule has 0 aromatic carbocycles. The summed E-state index contributed by atoms with van der Waals surface area (Å²) in [5.74, 6) is -11.3. The normalized spacial score (nSPS) is 13.9. The summed E-state index contributed by atoms with van der Waals surface area (Å²) in [5, 5.41) is 19.6. The topological polar surface area (TPSA) is 80.3 Å². The van der Waals surface area contributed by atoms with Crippen molar-refractivity contribution >= 4 is 11.6 Å². The first-order chi connectivity index (χ1) is 11.1. The molecular weight excluding hydrogens is 471 g/mol. The molecule has 0 heterocycles. The van der Waals surface area contributed by atoms with E-state index in [1.54, 1.807) is 0 Å². The van der Waals surface area contributed by atoms with Gasteiger partial charge in [0.25, 0.3) is 11.6 Å². The van der Waals surface area contributed by atoms with Crippen LogP contribution in [0.25, 0.3) is 0 Å². The van der Waals surface area contributed by atoms with Gasteiger partial charge in [0.2, 0.25) is 0 Å². The van der Waals surface area contributed by atoms with E-state index in [1.807, 2.05) is 0 Å². The van der Waals surface area contributed by atoms with Gasteiger partial charge in [-0.25, -0.2) is 0 Å². The molecule has 0 aromatic heterocycles. The Morgan fingerprint density at radius 3 is 0.815 bits per heavy atom. The summed E-state index contributed by atoms with van der Waals surface area (Å²) in [6.45, 7) is 0. The number of halogens is 12. The third-order valence-electron chi connectivity index (χ3n) is 1.64. The number of carbonyl (C=O) groups excluding carboxylic acids is 2. The number of carbonyl (C=O) groups is 2. The molecule has 0 aliphatic rings. The zero-order chi connectivity index (χ0) is 21.7. The predicted octanol–water partition coefficient (Wildman–Crippen LogP) is 1.85. The van der Waals surface area contributed by atoms with Gasteiger partial charge in [-0.1, -0.05) is 0 Å². The Morgan fingerprint density at radius 1 is 0.519 bits per heavy atom. The number of hydrogen-bond donors (Lipinski definition) is 0. The van der Waals surface area contributed by atoms with Crippen LogP contribution in [0, 0.1) is 0 Å². The molecule has 0 fully saturated rings. The minimum absolute atomic E-state index is 0. The van der Waals surface area contributed by atoms with Gasteiger partial charge >= 0.3 is 41.2 Å². The summed E-state index contributed by atoms with van der Waals surface area (Å²) in [5.41, 5.74) is 0. The molecule has 0 saturated heterocycles. The summed E-state index contributed by atoms with van der Waals surface area (Å²) >= 11 is 0. The summed E-state index contributed by atoms with van der Waals surface area (Å²) in [6.07, 6.45) is -23.9. The van der Waals surface area contributed by atoms with Crippen molar-refractivity contribution in [3.05, 3.63) is 23.7 Å². The molecule has 160 valence electrons. The molecule has 0 spiro atoms. The van der Waals surface area contributed by atoms with Crippen LogP contribution in [0.4, 0.5) is 52.7 Å². The maximum absolute atomic E-state index is 11.3. The van der Waals surface area contributed by atoms with Crippen LogP contribution < -0.4 is 10.2 Å². The second kappa shape index (κ2) is 9.85. The molecule has 0 aromatic rings. The zero-order valence-corrected chi connectivity index (χ0v) is 12.6. The first-order valence-corrected chi connectivity index (χ1v) is 5.24. The number of hydrogen-bond acceptors (Lipinski definition) is 4. The monoisotopic (exact) mass is 472 g/mol. The van der Waals surface area contributed by atoms with Gasteiger partial charge < -0.3 is 10.2 Å². The molecule has 0 radical (unpaired) electrons. The molecule has 0 rings (SSSR count). The van der Waals surface area contributed by atoms with Crippen molar-refractivity contribution < 1.29 is 89.0 Å². The Balaban J connectivity index is -0.000000411. The molecule has 0 aliphatic carbocycles. The predicted molar refractivity (Wildman–Crippen MR) is 50.4 cm³/mol. The van der Waals surface area contributed by atoms with Gasteiger partial charge in [-0.15, -0.1) is 0 Å². The van der Waals surface area contributed by atoms with Crippen LogP contribution in [0.2, 0.25) is 0 Å². The molecule has 0 saturated carbocycles. The molecule has 0 bridgehead atoms. The molecule has 0 amide bonds. The van der Waals surface area contributed by atoms with Crippen molar-refractivity contribution in [1.29, 1.82) is 0 Å². The van der Waals surface area contributed by atoms with Crippen LogP contribution in [0.1, 0.15) is 0 Å². The summed E-state index contributed by atoms with van der Waals surface area (Å²) in [7, 11) is 0. The molecule has 0 unspecified atom stereocenters. The van der Waals surface area contributed by atoms with E-state index in [-0.39, 0.29) is 16.5 Å². The Hall–Kier alpha value is -1.93. The average molecular weight is 473 g/mol.